The average molecular weight is 373 g/mol. The number of unbranched alkanes of at least 4 members (excludes halogenated alkanes) is 2. The average Bonchev–Trinajstić information content (AvgIpc) is 2.50. The van der Waals surface area contributed by atoms with Crippen molar-refractivity contribution in [3.05, 3.63) is 12.2 Å². The van der Waals surface area contributed by atoms with Crippen molar-refractivity contribution >= 4 is 17.3 Å². The van der Waals surface area contributed by atoms with E-state index in [-0.39, 0.29) is 23.8 Å². The van der Waals surface area contributed by atoms with Gasteiger partial charge >= 0.3 is 0 Å². The SMILES string of the molecule is C=C(C)CCOCCOCCC(C)=O.CC(=O)CC(C)=O.CCCCC. The van der Waals surface area contributed by atoms with E-state index >= 15 is 0 Å². The fourth-order valence-electron chi connectivity index (χ4n) is 1.49. The standard InChI is InChI=1S/C11H20O3.C5H8O2.C5H12/c1-10(2)4-6-13-8-9-14-7-5-11(3)12;1-4(6)3-5(2)7;1-3-5-4-2/h1,4-9H2,2-3H3;3H2,1-2H3;3-5H2,1-2H3. The first-order valence-electron chi connectivity index (χ1n) is 9.45. The molecule has 0 N–H and O–H groups in total. The molecule has 0 aromatic heterocycles. The molecule has 0 rings (SSSR count). The van der Waals surface area contributed by atoms with Crippen LogP contribution >= 0.6 is 0 Å². The van der Waals surface area contributed by atoms with Crippen LogP contribution < -0.4 is 0 Å². The first kappa shape index (κ1) is 29.4. The zero-order valence-electron chi connectivity index (χ0n) is 17.8. The smallest absolute Gasteiger partial charge is 0.137 e. The fraction of sp³-hybridized carbons (Fsp3) is 0.762. The summed E-state index contributed by atoms with van der Waals surface area (Å²) in [5, 5.41) is 0. The van der Waals surface area contributed by atoms with Gasteiger partial charge < -0.3 is 9.47 Å². The number of ketones is 3. The molecule has 0 saturated heterocycles. The van der Waals surface area contributed by atoms with Crippen LogP contribution in [-0.2, 0) is 23.9 Å². The molecule has 0 aliphatic heterocycles. The van der Waals surface area contributed by atoms with E-state index in [2.05, 4.69) is 20.4 Å². The largest absolute Gasteiger partial charge is 0.379 e. The topological polar surface area (TPSA) is 69.7 Å². The van der Waals surface area contributed by atoms with E-state index in [1.54, 1.807) is 6.92 Å². The van der Waals surface area contributed by atoms with Crippen molar-refractivity contribution in [2.24, 2.45) is 0 Å². The van der Waals surface area contributed by atoms with Gasteiger partial charge in [-0.25, -0.2) is 0 Å². The minimum absolute atomic E-state index is 0.0625. The van der Waals surface area contributed by atoms with Gasteiger partial charge in [0.2, 0.25) is 0 Å². The summed E-state index contributed by atoms with van der Waals surface area (Å²) in [5.41, 5.74) is 1.13. The predicted octanol–water partition coefficient (Wildman–Crippen LogP) is 4.72. The number of carbonyl (C=O) groups is 3. The molecule has 0 unspecified atom stereocenters. The Morgan fingerprint density at radius 2 is 1.12 bits per heavy atom. The Kier molecular flexibility index (Phi) is 26.8. The zero-order chi connectivity index (χ0) is 20.8. The van der Waals surface area contributed by atoms with Crippen LogP contribution in [0.15, 0.2) is 12.2 Å². The van der Waals surface area contributed by atoms with Gasteiger partial charge in [0.05, 0.1) is 32.8 Å². The van der Waals surface area contributed by atoms with Crippen molar-refractivity contribution < 1.29 is 23.9 Å². The van der Waals surface area contributed by atoms with Crippen LogP contribution in [0.2, 0.25) is 0 Å². The second kappa shape index (κ2) is 23.7. The third-order valence-corrected chi connectivity index (χ3v) is 2.85. The molecule has 0 bridgehead atoms. The van der Waals surface area contributed by atoms with Gasteiger partial charge in [-0.15, -0.1) is 6.58 Å². The monoisotopic (exact) mass is 372 g/mol. The van der Waals surface area contributed by atoms with Crippen LogP contribution in [0.3, 0.4) is 0 Å². The quantitative estimate of drug-likeness (QED) is 0.266. The minimum Gasteiger partial charge on any atom is -0.379 e. The highest BCUT2D eigenvalue weighted by Gasteiger charge is 1.95. The van der Waals surface area contributed by atoms with Crippen molar-refractivity contribution in [2.75, 3.05) is 26.4 Å². The van der Waals surface area contributed by atoms with E-state index in [0.29, 0.717) is 32.8 Å². The summed E-state index contributed by atoms with van der Waals surface area (Å²) in [6.45, 7) is 16.9. The Balaban J connectivity index is -0.000000366. The highest BCUT2D eigenvalue weighted by atomic mass is 16.5. The van der Waals surface area contributed by atoms with Crippen molar-refractivity contribution in [1.29, 1.82) is 0 Å². The number of ether oxygens (including phenoxy) is 2. The summed E-state index contributed by atoms with van der Waals surface area (Å²) in [6.07, 6.45) is 5.55. The van der Waals surface area contributed by atoms with Crippen LogP contribution in [0, 0.1) is 0 Å². The van der Waals surface area contributed by atoms with Crippen LogP contribution in [0.1, 0.15) is 80.1 Å². The lowest BCUT2D eigenvalue weighted by atomic mass is 10.2. The zero-order valence-corrected chi connectivity index (χ0v) is 17.8. The molecule has 0 aromatic rings. The predicted molar refractivity (Wildman–Crippen MR) is 108 cm³/mol. The van der Waals surface area contributed by atoms with Crippen LogP contribution in [0.5, 0.6) is 0 Å². The second-order valence-corrected chi connectivity index (χ2v) is 6.32. The van der Waals surface area contributed by atoms with Crippen LogP contribution in [0.25, 0.3) is 0 Å². The summed E-state index contributed by atoms with van der Waals surface area (Å²) in [7, 11) is 0. The second-order valence-electron chi connectivity index (χ2n) is 6.32. The summed E-state index contributed by atoms with van der Waals surface area (Å²) in [6, 6.07) is 0. The number of hydrogen-bond donors (Lipinski definition) is 0. The summed E-state index contributed by atoms with van der Waals surface area (Å²) in [5.74, 6) is 0.0354. The first-order valence-corrected chi connectivity index (χ1v) is 9.45. The molecule has 0 amide bonds. The molecule has 0 aliphatic rings. The molecule has 0 heterocycles. The summed E-state index contributed by atoms with van der Waals surface area (Å²) >= 11 is 0. The highest BCUT2D eigenvalue weighted by molar-refractivity contribution is 5.96. The Morgan fingerprint density at radius 3 is 1.35 bits per heavy atom. The minimum atomic E-state index is -0.0625. The lowest BCUT2D eigenvalue weighted by Gasteiger charge is -2.04. The van der Waals surface area contributed by atoms with E-state index in [1.807, 2.05) is 6.92 Å². The van der Waals surface area contributed by atoms with Crippen molar-refractivity contribution in [3.8, 4) is 0 Å². The van der Waals surface area contributed by atoms with E-state index in [1.165, 1.54) is 33.1 Å². The summed E-state index contributed by atoms with van der Waals surface area (Å²) < 4.78 is 10.5. The molecule has 0 saturated carbocycles. The molecular weight excluding hydrogens is 332 g/mol. The fourth-order valence-corrected chi connectivity index (χ4v) is 1.49. The van der Waals surface area contributed by atoms with Crippen molar-refractivity contribution in [2.45, 2.75) is 80.1 Å². The third-order valence-electron chi connectivity index (χ3n) is 2.85. The molecule has 154 valence electrons. The molecule has 5 nitrogen and oxygen atoms in total. The number of carbonyl (C=O) groups excluding carboxylic acids is 3. The molecule has 0 spiro atoms. The van der Waals surface area contributed by atoms with Crippen molar-refractivity contribution in [3.63, 3.8) is 0 Å². The van der Waals surface area contributed by atoms with E-state index in [9.17, 15) is 14.4 Å². The van der Waals surface area contributed by atoms with Gasteiger partial charge in [-0.3, -0.25) is 14.4 Å². The van der Waals surface area contributed by atoms with Gasteiger partial charge in [0.15, 0.2) is 0 Å². The maximum Gasteiger partial charge on any atom is 0.137 e. The number of hydrogen-bond acceptors (Lipinski definition) is 5. The van der Waals surface area contributed by atoms with Gasteiger partial charge in [-0.1, -0.05) is 38.7 Å². The number of rotatable bonds is 13. The van der Waals surface area contributed by atoms with Gasteiger partial charge in [0, 0.05) is 6.42 Å². The van der Waals surface area contributed by atoms with Gasteiger partial charge in [-0.05, 0) is 34.1 Å². The molecule has 0 radical (unpaired) electrons. The molecule has 0 aromatic carbocycles. The first-order chi connectivity index (χ1) is 12.2. The molecule has 0 aliphatic carbocycles. The molecule has 0 atom stereocenters. The lowest BCUT2D eigenvalue weighted by molar-refractivity contribution is -0.124. The molecule has 5 heteroatoms. The normalized spacial score (nSPS) is 9.31. The van der Waals surface area contributed by atoms with Crippen LogP contribution in [-0.4, -0.2) is 43.8 Å². The molecular formula is C21H40O5. The Morgan fingerprint density at radius 1 is 0.692 bits per heavy atom. The van der Waals surface area contributed by atoms with Crippen molar-refractivity contribution in [1.82, 2.24) is 0 Å². The van der Waals surface area contributed by atoms with Gasteiger partial charge in [-0.2, -0.15) is 0 Å². The van der Waals surface area contributed by atoms with Gasteiger partial charge in [0.25, 0.3) is 0 Å². The Labute approximate surface area is 160 Å². The highest BCUT2D eigenvalue weighted by Crippen LogP contribution is 1.95. The Bertz CT molecular complexity index is 341. The Hall–Kier alpha value is -1.33. The summed E-state index contributed by atoms with van der Waals surface area (Å²) in [4.78, 5) is 30.6. The molecule has 0 fully saturated rings. The maximum absolute atomic E-state index is 10.5. The maximum atomic E-state index is 10.5. The lowest BCUT2D eigenvalue weighted by Crippen LogP contribution is -2.07. The van der Waals surface area contributed by atoms with Gasteiger partial charge in [0.1, 0.15) is 17.3 Å². The van der Waals surface area contributed by atoms with E-state index < -0.39 is 0 Å². The molecule has 26 heavy (non-hydrogen) atoms. The third kappa shape index (κ3) is 43.4. The van der Waals surface area contributed by atoms with Crippen LogP contribution in [0.4, 0.5) is 0 Å². The van der Waals surface area contributed by atoms with E-state index in [4.69, 9.17) is 9.47 Å². The van der Waals surface area contributed by atoms with E-state index in [0.717, 1.165) is 12.0 Å². The number of Topliss-reactive ketones (excluding diaryl/α,β-unsaturated/α-hetero) is 3.